The monoisotopic (exact) mass is 626 g/mol. The summed E-state index contributed by atoms with van der Waals surface area (Å²) in [4.78, 5) is 23.5. The Kier molecular flexibility index (Phi) is 6.18. The van der Waals surface area contributed by atoms with Crippen LogP contribution >= 0.6 is 18.0 Å². The number of allylic oxidation sites excluding steroid dienone is 2. The number of benzene rings is 2. The van der Waals surface area contributed by atoms with E-state index < -0.39 is 0 Å². The van der Waals surface area contributed by atoms with E-state index in [9.17, 15) is 9.59 Å². The number of amides is 1. The zero-order chi connectivity index (χ0) is 16.9. The number of aldehydes is 1. The predicted octanol–water partition coefficient (Wildman–Crippen LogP) is 2.75. The molecule has 2 aromatic carbocycles. The van der Waals surface area contributed by atoms with Gasteiger partial charge in [-0.1, -0.05) is 6.07 Å². The molecule has 3 rings (SSSR count). The Balaban J connectivity index is 1.61. The maximum atomic E-state index is 12.3. The first kappa shape index (κ1) is 17.8. The average molecular weight is 626 g/mol. The fourth-order valence-electron chi connectivity index (χ4n) is 2.88. The molecule has 2 aromatic rings. The van der Waals surface area contributed by atoms with Gasteiger partial charge in [0.1, 0.15) is 0 Å². The summed E-state index contributed by atoms with van der Waals surface area (Å²) in [5.41, 5.74) is 3.81. The molecule has 1 amide bonds. The van der Waals surface area contributed by atoms with Gasteiger partial charge in [-0.05, 0) is 0 Å². The SMILES string of the molecule is O=CC1=CC(CC(=O)NCc2cc[c]([Po][I])cc2)c2ccccc21. The van der Waals surface area contributed by atoms with Crippen molar-refractivity contribution in [2.75, 3.05) is 0 Å². The van der Waals surface area contributed by atoms with E-state index in [1.165, 1.54) is 3.22 Å². The van der Waals surface area contributed by atoms with Crippen LogP contribution in [0.1, 0.15) is 29.0 Å². The van der Waals surface area contributed by atoms with Gasteiger partial charge in [0.15, 0.2) is 0 Å². The molecule has 0 heterocycles. The molecule has 122 valence electrons. The van der Waals surface area contributed by atoms with Gasteiger partial charge in [-0.25, -0.2) is 0 Å². The van der Waals surface area contributed by atoms with Crippen molar-refractivity contribution in [1.82, 2.24) is 5.32 Å². The van der Waals surface area contributed by atoms with Gasteiger partial charge < -0.3 is 0 Å². The van der Waals surface area contributed by atoms with E-state index in [0.717, 1.165) is 23.0 Å². The van der Waals surface area contributed by atoms with Gasteiger partial charge in [-0.15, -0.1) is 0 Å². The van der Waals surface area contributed by atoms with Gasteiger partial charge in [0.05, 0.1) is 0 Å². The average Bonchev–Trinajstić information content (AvgIpc) is 2.98. The first-order valence-corrected chi connectivity index (χ1v) is 18.1. The molecule has 0 aromatic heterocycles. The van der Waals surface area contributed by atoms with E-state index in [1.807, 2.05) is 30.3 Å². The summed E-state index contributed by atoms with van der Waals surface area (Å²) in [6.45, 7) is 0.545. The topological polar surface area (TPSA) is 46.2 Å². The van der Waals surface area contributed by atoms with Crippen LogP contribution in [0.4, 0.5) is 0 Å². The minimum atomic E-state index is -0.384. The fraction of sp³-hybridized carbons (Fsp3) is 0.158. The molecule has 1 N–H and O–H groups in total. The van der Waals surface area contributed by atoms with Crippen LogP contribution in [0.15, 0.2) is 54.6 Å². The molecular weight excluding hydrogens is 610 g/mol. The molecule has 3 nitrogen and oxygen atoms in total. The summed E-state index contributed by atoms with van der Waals surface area (Å²) in [6, 6.07) is 16.3. The summed E-state index contributed by atoms with van der Waals surface area (Å²) in [5.74, 6) is -0.0117. The number of rotatable bonds is 6. The molecule has 0 saturated carbocycles. The van der Waals surface area contributed by atoms with Crippen LogP contribution in [0.3, 0.4) is 0 Å². The van der Waals surface area contributed by atoms with Gasteiger partial charge in [0.2, 0.25) is 0 Å². The molecule has 0 bridgehead atoms. The van der Waals surface area contributed by atoms with Crippen molar-refractivity contribution in [3.05, 3.63) is 71.3 Å². The van der Waals surface area contributed by atoms with Gasteiger partial charge in [0, 0.05) is 0 Å². The first-order chi connectivity index (χ1) is 11.7. The van der Waals surface area contributed by atoms with Crippen LogP contribution in [-0.4, -0.2) is 31.5 Å². The Labute approximate surface area is 162 Å². The van der Waals surface area contributed by atoms with Gasteiger partial charge in [-0.2, -0.15) is 0 Å². The van der Waals surface area contributed by atoms with E-state index >= 15 is 0 Å². The van der Waals surface area contributed by atoms with Gasteiger partial charge >= 0.3 is 153 Å². The van der Waals surface area contributed by atoms with E-state index in [2.05, 4.69) is 47.5 Å². The van der Waals surface area contributed by atoms with Crippen LogP contribution in [0, 0.1) is 0 Å². The zero-order valence-corrected chi connectivity index (χ0v) is 18.2. The number of carbonyl (C=O) groups excluding carboxylic acids is 2. The second-order valence-corrected chi connectivity index (χ2v) is 11.9. The molecule has 0 aliphatic heterocycles. The minimum absolute atomic E-state index is 0.00687. The van der Waals surface area contributed by atoms with Crippen LogP contribution < -0.4 is 8.54 Å². The Bertz CT molecular complexity index is 786. The summed E-state index contributed by atoms with van der Waals surface area (Å²) >= 11 is 2.11. The zero-order valence-electron chi connectivity index (χ0n) is 12.9. The van der Waals surface area contributed by atoms with E-state index in [1.54, 1.807) is 0 Å². The summed E-state index contributed by atoms with van der Waals surface area (Å²) in [6.07, 6.45) is 3.14. The van der Waals surface area contributed by atoms with E-state index in [0.29, 0.717) is 18.5 Å². The van der Waals surface area contributed by atoms with Crippen LogP contribution in [0.5, 0.6) is 0 Å². The molecule has 1 aliphatic carbocycles. The normalized spacial score (nSPS) is 15.5. The number of halogens is 1. The molecule has 0 radical (unpaired) electrons. The standard InChI is InChI=1S/C19H16NO2.HI.Po/c21-13-16-10-15(17-8-4-5-9-18(16)17)11-19(22)20-12-14-6-2-1-3-7-14;;/h2-10,13,15H,11-12H2,(H,20,22);1H;/q;;+1/p-1. The Morgan fingerprint density at radius 1 is 1.17 bits per heavy atom. The molecule has 1 unspecified atom stereocenters. The predicted molar refractivity (Wildman–Crippen MR) is 106 cm³/mol. The molecule has 0 spiro atoms. The first-order valence-electron chi connectivity index (χ1n) is 7.62. The quantitative estimate of drug-likeness (QED) is 0.397. The number of carbonyl (C=O) groups is 2. The Hall–Kier alpha value is -1.05. The Morgan fingerprint density at radius 2 is 1.92 bits per heavy atom. The Morgan fingerprint density at radius 3 is 2.62 bits per heavy atom. The molecular formula is C19H16INO2Po. The summed E-state index contributed by atoms with van der Waals surface area (Å²) < 4.78 is 1.44. The second-order valence-electron chi connectivity index (χ2n) is 5.64. The third kappa shape index (κ3) is 4.13. The second kappa shape index (κ2) is 8.36. The van der Waals surface area contributed by atoms with E-state index in [-0.39, 0.29) is 31.2 Å². The third-order valence-corrected chi connectivity index (χ3v) is 10.3. The summed E-state index contributed by atoms with van der Waals surface area (Å²) in [5, 5.41) is 2.98. The number of hydrogen-bond donors (Lipinski definition) is 1. The molecule has 5 heteroatoms. The molecule has 1 aliphatic rings. The van der Waals surface area contributed by atoms with Gasteiger partial charge in [0.25, 0.3) is 0 Å². The summed E-state index contributed by atoms with van der Waals surface area (Å²) in [7, 11) is 0. The van der Waals surface area contributed by atoms with Crippen molar-refractivity contribution in [2.24, 2.45) is 0 Å². The number of fused-ring (bicyclic) bond motifs is 1. The third-order valence-electron chi connectivity index (χ3n) is 4.09. The van der Waals surface area contributed by atoms with Crippen LogP contribution in [0.25, 0.3) is 5.57 Å². The van der Waals surface area contributed by atoms with Gasteiger partial charge in [-0.3, -0.25) is 4.79 Å². The van der Waals surface area contributed by atoms with Crippen molar-refractivity contribution in [3.63, 3.8) is 0 Å². The van der Waals surface area contributed by atoms with Crippen molar-refractivity contribution in [1.29, 1.82) is 0 Å². The molecule has 0 fully saturated rings. The number of hydrogen-bond acceptors (Lipinski definition) is 2. The fourth-order valence-corrected chi connectivity index (χ4v) is 6.39. The van der Waals surface area contributed by atoms with Crippen molar-refractivity contribution in [3.8, 4) is 0 Å². The maximum absolute atomic E-state index is 12.3. The van der Waals surface area contributed by atoms with Crippen molar-refractivity contribution < 1.29 is 9.59 Å². The molecule has 1 atom stereocenters. The molecule has 24 heavy (non-hydrogen) atoms. The van der Waals surface area contributed by atoms with Crippen LogP contribution in [0.2, 0.25) is 0 Å². The van der Waals surface area contributed by atoms with Crippen LogP contribution in [-0.2, 0) is 16.1 Å². The van der Waals surface area contributed by atoms with E-state index in [4.69, 9.17) is 0 Å². The van der Waals surface area contributed by atoms with Crippen molar-refractivity contribution >= 4 is 58.3 Å². The molecule has 0 saturated heterocycles. The van der Waals surface area contributed by atoms with Crippen molar-refractivity contribution in [2.45, 2.75) is 18.9 Å². The number of nitrogens with one attached hydrogen (secondary N) is 1.